The van der Waals surface area contributed by atoms with E-state index in [0.29, 0.717) is 16.1 Å². The minimum atomic E-state index is -0.764. The van der Waals surface area contributed by atoms with Crippen molar-refractivity contribution in [2.24, 2.45) is 0 Å². The number of alkyl halides is 1. The van der Waals surface area contributed by atoms with Crippen molar-refractivity contribution in [3.63, 3.8) is 0 Å². The van der Waals surface area contributed by atoms with Crippen LogP contribution in [0.15, 0.2) is 34.8 Å². The highest BCUT2D eigenvalue weighted by Gasteiger charge is 2.19. The molecule has 0 aromatic heterocycles. The molecular formula is C14H9BrCl2F2. The molecule has 0 spiro atoms. The molecule has 0 saturated carbocycles. The predicted molar refractivity (Wildman–Crippen MR) is 77.9 cm³/mol. The lowest BCUT2D eigenvalue weighted by atomic mass is 10.0. The van der Waals surface area contributed by atoms with Crippen LogP contribution >= 0.6 is 39.1 Å². The zero-order chi connectivity index (χ0) is 14.2. The second-order valence-corrected chi connectivity index (χ2v) is 5.91. The highest BCUT2D eigenvalue weighted by atomic mass is 79.9. The van der Waals surface area contributed by atoms with Gasteiger partial charge in [-0.15, -0.1) is 11.6 Å². The van der Waals surface area contributed by atoms with Crippen LogP contribution in [0.2, 0.25) is 5.02 Å². The maximum Gasteiger partial charge on any atom is 0.131 e. The van der Waals surface area contributed by atoms with Crippen molar-refractivity contribution in [3.05, 3.63) is 68.2 Å². The van der Waals surface area contributed by atoms with Crippen LogP contribution in [0.4, 0.5) is 8.78 Å². The van der Waals surface area contributed by atoms with Crippen molar-refractivity contribution in [2.45, 2.75) is 12.3 Å². The maximum atomic E-state index is 13.8. The Hall–Kier alpha value is -0.640. The Kier molecular flexibility index (Phi) is 4.49. The standard InChI is InChI=1S/C14H9BrCl2F2/c1-7-4-10(13(19)6-12(7)18)14(17)9-3-2-8(15)5-11(9)16/h2-6,14H,1H3. The van der Waals surface area contributed by atoms with E-state index in [1.165, 1.54) is 6.07 Å². The first-order valence-corrected chi connectivity index (χ1v) is 7.05. The summed E-state index contributed by atoms with van der Waals surface area (Å²) in [5, 5.41) is -0.337. The zero-order valence-corrected chi connectivity index (χ0v) is 13.0. The lowest BCUT2D eigenvalue weighted by Crippen LogP contribution is -2.00. The second-order valence-electron chi connectivity index (χ2n) is 4.15. The molecule has 0 aliphatic carbocycles. The Balaban J connectivity index is 2.49. The van der Waals surface area contributed by atoms with Gasteiger partial charge in [-0.25, -0.2) is 8.78 Å². The van der Waals surface area contributed by atoms with Crippen LogP contribution in [-0.4, -0.2) is 0 Å². The summed E-state index contributed by atoms with van der Waals surface area (Å²) >= 11 is 15.6. The highest BCUT2D eigenvalue weighted by Crippen LogP contribution is 2.36. The van der Waals surface area contributed by atoms with E-state index in [2.05, 4.69) is 15.9 Å². The molecule has 2 aromatic carbocycles. The fraction of sp³-hybridized carbons (Fsp3) is 0.143. The average molecular weight is 366 g/mol. The van der Waals surface area contributed by atoms with Crippen molar-refractivity contribution in [3.8, 4) is 0 Å². The van der Waals surface area contributed by atoms with Gasteiger partial charge >= 0.3 is 0 Å². The van der Waals surface area contributed by atoms with Crippen molar-refractivity contribution >= 4 is 39.1 Å². The van der Waals surface area contributed by atoms with E-state index in [1.807, 2.05) is 0 Å². The summed E-state index contributed by atoms with van der Waals surface area (Å²) in [7, 11) is 0. The van der Waals surface area contributed by atoms with Crippen LogP contribution < -0.4 is 0 Å². The van der Waals surface area contributed by atoms with Crippen LogP contribution in [0.25, 0.3) is 0 Å². The van der Waals surface area contributed by atoms with Gasteiger partial charge in [0.05, 0.1) is 5.38 Å². The lowest BCUT2D eigenvalue weighted by molar-refractivity contribution is 0.568. The van der Waals surface area contributed by atoms with Gasteiger partial charge in [0.25, 0.3) is 0 Å². The first-order chi connectivity index (χ1) is 8.90. The molecule has 0 heterocycles. The van der Waals surface area contributed by atoms with Gasteiger partial charge in [-0.2, -0.15) is 0 Å². The second kappa shape index (κ2) is 5.78. The molecular weight excluding hydrogens is 357 g/mol. The van der Waals surface area contributed by atoms with E-state index in [-0.39, 0.29) is 5.56 Å². The van der Waals surface area contributed by atoms with Crippen molar-refractivity contribution in [1.82, 2.24) is 0 Å². The summed E-state index contributed by atoms with van der Waals surface area (Å²) in [6.07, 6.45) is 0. The van der Waals surface area contributed by atoms with Crippen LogP contribution in [0.5, 0.6) is 0 Å². The Morgan fingerprint density at radius 2 is 1.74 bits per heavy atom. The fourth-order valence-corrected chi connectivity index (χ4v) is 2.94. The van der Waals surface area contributed by atoms with Crippen LogP contribution in [0.3, 0.4) is 0 Å². The lowest BCUT2D eigenvalue weighted by Gasteiger charge is -2.14. The zero-order valence-electron chi connectivity index (χ0n) is 9.85. The largest absolute Gasteiger partial charge is 0.207 e. The van der Waals surface area contributed by atoms with E-state index < -0.39 is 17.0 Å². The number of halogens is 5. The molecule has 2 aromatic rings. The van der Waals surface area contributed by atoms with Crippen LogP contribution in [0, 0.1) is 18.6 Å². The van der Waals surface area contributed by atoms with E-state index in [4.69, 9.17) is 23.2 Å². The number of aryl methyl sites for hydroxylation is 1. The van der Waals surface area contributed by atoms with E-state index >= 15 is 0 Å². The molecule has 0 aliphatic rings. The third-order valence-corrected chi connectivity index (χ3v) is 4.08. The highest BCUT2D eigenvalue weighted by molar-refractivity contribution is 9.10. The van der Waals surface area contributed by atoms with Gasteiger partial charge in [-0.1, -0.05) is 33.6 Å². The number of rotatable bonds is 2. The quantitative estimate of drug-likeness (QED) is 0.571. The predicted octanol–water partition coefficient (Wildman–Crippen LogP) is 6.02. The molecule has 0 radical (unpaired) electrons. The van der Waals surface area contributed by atoms with E-state index in [9.17, 15) is 8.78 Å². The molecule has 0 amide bonds. The number of benzene rings is 2. The molecule has 0 N–H and O–H groups in total. The SMILES string of the molecule is Cc1cc(C(Cl)c2ccc(Br)cc2Cl)c(F)cc1F. The summed E-state index contributed by atoms with van der Waals surface area (Å²) in [5.74, 6) is -1.27. The van der Waals surface area contributed by atoms with Crippen LogP contribution in [-0.2, 0) is 0 Å². The van der Waals surface area contributed by atoms with Crippen molar-refractivity contribution < 1.29 is 8.78 Å². The van der Waals surface area contributed by atoms with Gasteiger partial charge < -0.3 is 0 Å². The monoisotopic (exact) mass is 364 g/mol. The minimum Gasteiger partial charge on any atom is -0.207 e. The van der Waals surface area contributed by atoms with Crippen molar-refractivity contribution in [1.29, 1.82) is 0 Å². The summed E-state index contributed by atoms with van der Waals surface area (Å²) in [6.45, 7) is 1.56. The summed E-state index contributed by atoms with van der Waals surface area (Å²) < 4.78 is 27.8. The molecule has 0 fully saturated rings. The van der Waals surface area contributed by atoms with Crippen LogP contribution in [0.1, 0.15) is 22.1 Å². The third kappa shape index (κ3) is 3.10. The fourth-order valence-electron chi connectivity index (χ4n) is 1.75. The van der Waals surface area contributed by atoms with Gasteiger partial charge in [0.1, 0.15) is 11.6 Å². The molecule has 1 unspecified atom stereocenters. The van der Waals surface area contributed by atoms with Crippen molar-refractivity contribution in [2.75, 3.05) is 0 Å². The van der Waals surface area contributed by atoms with E-state index in [0.717, 1.165) is 10.5 Å². The molecule has 0 saturated heterocycles. The number of hydrogen-bond donors (Lipinski definition) is 0. The summed E-state index contributed by atoms with van der Waals surface area (Å²) in [4.78, 5) is 0. The van der Waals surface area contributed by atoms with Gasteiger partial charge in [-0.05, 0) is 36.2 Å². The van der Waals surface area contributed by atoms with Gasteiger partial charge in [0.2, 0.25) is 0 Å². The van der Waals surface area contributed by atoms with Gasteiger partial charge in [-0.3, -0.25) is 0 Å². The number of hydrogen-bond acceptors (Lipinski definition) is 0. The Bertz CT molecular complexity index is 629. The third-order valence-electron chi connectivity index (χ3n) is 2.79. The van der Waals surface area contributed by atoms with Gasteiger partial charge in [0.15, 0.2) is 0 Å². The molecule has 19 heavy (non-hydrogen) atoms. The smallest absolute Gasteiger partial charge is 0.131 e. The Morgan fingerprint density at radius 1 is 1.05 bits per heavy atom. The molecule has 0 aliphatic heterocycles. The summed E-state index contributed by atoms with van der Waals surface area (Å²) in [6, 6.07) is 7.40. The maximum absolute atomic E-state index is 13.8. The Labute approximate surface area is 128 Å². The first-order valence-electron chi connectivity index (χ1n) is 5.44. The molecule has 2 rings (SSSR count). The molecule has 100 valence electrons. The summed E-state index contributed by atoms with van der Waals surface area (Å²) in [5.41, 5.74) is 1.14. The molecule has 5 heteroatoms. The molecule has 1 atom stereocenters. The first kappa shape index (κ1) is 14.8. The molecule has 0 bridgehead atoms. The Morgan fingerprint density at radius 3 is 2.37 bits per heavy atom. The molecule has 0 nitrogen and oxygen atoms in total. The topological polar surface area (TPSA) is 0 Å². The van der Waals surface area contributed by atoms with Gasteiger partial charge in [0, 0.05) is 21.1 Å². The minimum absolute atomic E-state index is 0.213. The average Bonchev–Trinajstić information content (AvgIpc) is 2.33. The normalized spacial score (nSPS) is 12.5. The van der Waals surface area contributed by atoms with E-state index in [1.54, 1.807) is 25.1 Å².